The van der Waals surface area contributed by atoms with Gasteiger partial charge >= 0.3 is 0 Å². The second kappa shape index (κ2) is 8.70. The standard InChI is InChI=1S/C22H24ClN5OS/c1-4-5-18-25-26-22-28(18)27-19(15-6-8-16(23)9-7-15)20(30-22)21(29)24-17-11-13(2)10-14(3)12-17/h6-12,19-20,27H,4-5H2,1-3H3,(H,24,29)/t19-,20-/m1/s1. The van der Waals surface area contributed by atoms with Crippen LogP contribution in [0.4, 0.5) is 5.69 Å². The average molecular weight is 442 g/mol. The molecular weight excluding hydrogens is 418 g/mol. The van der Waals surface area contributed by atoms with Crippen molar-refractivity contribution in [3.63, 3.8) is 0 Å². The van der Waals surface area contributed by atoms with Crippen LogP contribution >= 0.6 is 23.4 Å². The molecule has 1 aromatic heterocycles. The number of anilines is 1. The highest BCUT2D eigenvalue weighted by molar-refractivity contribution is 8.00. The van der Waals surface area contributed by atoms with Crippen LogP contribution < -0.4 is 10.7 Å². The molecule has 0 aliphatic carbocycles. The fourth-order valence-corrected chi connectivity index (χ4v) is 4.89. The number of carbonyl (C=O) groups is 1. The summed E-state index contributed by atoms with van der Waals surface area (Å²) in [6.07, 6.45) is 1.78. The lowest BCUT2D eigenvalue weighted by atomic mass is 10.0. The van der Waals surface area contributed by atoms with Crippen molar-refractivity contribution in [1.29, 1.82) is 0 Å². The summed E-state index contributed by atoms with van der Waals surface area (Å²) in [5.74, 6) is 0.788. The Balaban J connectivity index is 1.67. The molecule has 2 aromatic carbocycles. The maximum Gasteiger partial charge on any atom is 0.240 e. The Kier molecular flexibility index (Phi) is 6.01. The monoisotopic (exact) mass is 441 g/mol. The highest BCUT2D eigenvalue weighted by Gasteiger charge is 2.37. The first kappa shape index (κ1) is 20.8. The second-order valence-electron chi connectivity index (χ2n) is 7.55. The van der Waals surface area contributed by atoms with Crippen molar-refractivity contribution in [2.24, 2.45) is 0 Å². The Hall–Kier alpha value is -2.51. The number of aromatic nitrogens is 3. The summed E-state index contributed by atoms with van der Waals surface area (Å²) in [7, 11) is 0. The molecule has 6 nitrogen and oxygen atoms in total. The van der Waals surface area contributed by atoms with E-state index in [0.717, 1.165) is 41.0 Å². The van der Waals surface area contributed by atoms with Crippen molar-refractivity contribution >= 4 is 35.0 Å². The van der Waals surface area contributed by atoms with Crippen LogP contribution in [0.15, 0.2) is 47.6 Å². The van der Waals surface area contributed by atoms with Crippen LogP contribution in [-0.4, -0.2) is 26.0 Å². The minimum absolute atomic E-state index is 0.0799. The van der Waals surface area contributed by atoms with Crippen molar-refractivity contribution in [3.05, 3.63) is 70.0 Å². The molecule has 1 aliphatic heterocycles. The third-order valence-electron chi connectivity index (χ3n) is 4.95. The molecule has 0 spiro atoms. The molecule has 156 valence electrons. The number of rotatable bonds is 5. The van der Waals surface area contributed by atoms with E-state index >= 15 is 0 Å². The van der Waals surface area contributed by atoms with Gasteiger partial charge in [0.15, 0.2) is 5.82 Å². The number of halogens is 1. The third-order valence-corrected chi connectivity index (χ3v) is 6.42. The number of nitrogens with zero attached hydrogens (tertiary/aromatic N) is 3. The summed E-state index contributed by atoms with van der Waals surface area (Å²) in [6, 6.07) is 13.4. The Morgan fingerprint density at radius 3 is 2.53 bits per heavy atom. The SMILES string of the molecule is CCCc1nnc2n1N[C@H](c1ccc(Cl)cc1)[C@H](C(=O)Nc1cc(C)cc(C)c1)S2. The Morgan fingerprint density at radius 2 is 1.87 bits per heavy atom. The smallest absolute Gasteiger partial charge is 0.240 e. The minimum atomic E-state index is -0.418. The summed E-state index contributed by atoms with van der Waals surface area (Å²) in [5.41, 5.74) is 7.47. The summed E-state index contributed by atoms with van der Waals surface area (Å²) in [6.45, 7) is 6.15. The molecule has 30 heavy (non-hydrogen) atoms. The van der Waals surface area contributed by atoms with E-state index in [2.05, 4.69) is 33.9 Å². The quantitative estimate of drug-likeness (QED) is 0.589. The van der Waals surface area contributed by atoms with Crippen LogP contribution in [0.25, 0.3) is 0 Å². The van der Waals surface area contributed by atoms with Gasteiger partial charge in [0.25, 0.3) is 0 Å². The second-order valence-corrected chi connectivity index (χ2v) is 9.09. The zero-order valence-corrected chi connectivity index (χ0v) is 18.7. The third kappa shape index (κ3) is 4.32. The van der Waals surface area contributed by atoms with Crippen molar-refractivity contribution in [2.75, 3.05) is 10.7 Å². The van der Waals surface area contributed by atoms with Gasteiger partial charge in [-0.2, -0.15) is 0 Å². The lowest BCUT2D eigenvalue weighted by Gasteiger charge is -2.33. The van der Waals surface area contributed by atoms with Gasteiger partial charge in [0.1, 0.15) is 5.25 Å². The number of thioether (sulfide) groups is 1. The van der Waals surface area contributed by atoms with Gasteiger partial charge in [-0.15, -0.1) is 10.2 Å². The molecule has 3 aromatic rings. The lowest BCUT2D eigenvalue weighted by Crippen LogP contribution is -2.41. The fourth-order valence-electron chi connectivity index (χ4n) is 3.66. The van der Waals surface area contributed by atoms with Crippen molar-refractivity contribution < 1.29 is 4.79 Å². The summed E-state index contributed by atoms with van der Waals surface area (Å²) < 4.78 is 1.91. The number of carbonyl (C=O) groups excluding carboxylic acids is 1. The number of nitrogens with one attached hydrogen (secondary N) is 2. The minimum Gasteiger partial charge on any atom is -0.325 e. The molecule has 0 bridgehead atoms. The molecule has 4 rings (SSSR count). The number of aryl methyl sites for hydroxylation is 3. The van der Waals surface area contributed by atoms with Gasteiger partial charge in [-0.05, 0) is 61.2 Å². The molecule has 0 unspecified atom stereocenters. The topological polar surface area (TPSA) is 71.8 Å². The Morgan fingerprint density at radius 1 is 1.17 bits per heavy atom. The zero-order chi connectivity index (χ0) is 21.3. The molecule has 0 saturated heterocycles. The van der Waals surface area contributed by atoms with E-state index in [1.165, 1.54) is 11.8 Å². The molecule has 2 N–H and O–H groups in total. The highest BCUT2D eigenvalue weighted by atomic mass is 35.5. The molecule has 0 radical (unpaired) electrons. The number of fused-ring (bicyclic) bond motifs is 1. The fraction of sp³-hybridized carbons (Fsp3) is 0.318. The van der Waals surface area contributed by atoms with Crippen LogP contribution in [0.5, 0.6) is 0 Å². The van der Waals surface area contributed by atoms with E-state index in [1.807, 2.05) is 54.9 Å². The van der Waals surface area contributed by atoms with Gasteiger partial charge in [0.2, 0.25) is 11.1 Å². The van der Waals surface area contributed by atoms with E-state index in [4.69, 9.17) is 11.6 Å². The van der Waals surface area contributed by atoms with Gasteiger partial charge in [-0.3, -0.25) is 4.79 Å². The van der Waals surface area contributed by atoms with Gasteiger partial charge in [-0.25, -0.2) is 4.68 Å². The summed E-state index contributed by atoms with van der Waals surface area (Å²) in [4.78, 5) is 13.3. The maximum absolute atomic E-state index is 13.3. The summed E-state index contributed by atoms with van der Waals surface area (Å²) >= 11 is 7.51. The average Bonchev–Trinajstić information content (AvgIpc) is 3.09. The first-order valence-electron chi connectivity index (χ1n) is 9.96. The van der Waals surface area contributed by atoms with Gasteiger partial charge < -0.3 is 10.7 Å². The van der Waals surface area contributed by atoms with Crippen molar-refractivity contribution in [1.82, 2.24) is 14.9 Å². The van der Waals surface area contributed by atoms with Gasteiger partial charge in [0, 0.05) is 17.1 Å². The van der Waals surface area contributed by atoms with E-state index < -0.39 is 5.25 Å². The van der Waals surface area contributed by atoms with Crippen LogP contribution in [-0.2, 0) is 11.2 Å². The van der Waals surface area contributed by atoms with Gasteiger partial charge in [-0.1, -0.05) is 48.5 Å². The van der Waals surface area contributed by atoms with E-state index in [-0.39, 0.29) is 11.9 Å². The van der Waals surface area contributed by atoms with Crippen LogP contribution in [0.3, 0.4) is 0 Å². The molecule has 2 atom stereocenters. The lowest BCUT2D eigenvalue weighted by molar-refractivity contribution is -0.116. The van der Waals surface area contributed by atoms with Gasteiger partial charge in [0.05, 0.1) is 6.04 Å². The predicted molar refractivity (Wildman–Crippen MR) is 122 cm³/mol. The predicted octanol–water partition coefficient (Wildman–Crippen LogP) is 4.90. The zero-order valence-electron chi connectivity index (χ0n) is 17.1. The van der Waals surface area contributed by atoms with Crippen LogP contribution in [0.2, 0.25) is 5.02 Å². The molecular formula is C22H24ClN5OS. The highest BCUT2D eigenvalue weighted by Crippen LogP contribution is 2.38. The molecule has 2 heterocycles. The number of amides is 1. The maximum atomic E-state index is 13.3. The largest absolute Gasteiger partial charge is 0.325 e. The normalized spacial score (nSPS) is 17.9. The van der Waals surface area contributed by atoms with E-state index in [0.29, 0.717) is 10.2 Å². The molecule has 1 amide bonds. The molecule has 1 aliphatic rings. The molecule has 0 saturated carbocycles. The van der Waals surface area contributed by atoms with Crippen molar-refractivity contribution in [3.8, 4) is 0 Å². The Labute approximate surface area is 185 Å². The molecule has 8 heteroatoms. The van der Waals surface area contributed by atoms with Crippen LogP contribution in [0.1, 0.15) is 41.9 Å². The van der Waals surface area contributed by atoms with Crippen molar-refractivity contribution in [2.45, 2.75) is 50.1 Å². The first-order chi connectivity index (χ1) is 14.4. The number of hydrogen-bond acceptors (Lipinski definition) is 5. The Bertz CT molecular complexity index is 1050. The van der Waals surface area contributed by atoms with Crippen LogP contribution in [0, 0.1) is 13.8 Å². The number of benzene rings is 2. The number of hydrogen-bond donors (Lipinski definition) is 2. The van der Waals surface area contributed by atoms with E-state index in [9.17, 15) is 4.79 Å². The first-order valence-corrected chi connectivity index (χ1v) is 11.2. The molecule has 0 fully saturated rings. The summed E-state index contributed by atoms with van der Waals surface area (Å²) in [5, 5.41) is 12.6. The van der Waals surface area contributed by atoms with E-state index in [1.54, 1.807) is 0 Å².